The molecule has 2 aromatic carbocycles. The third kappa shape index (κ3) is 14.0. The van der Waals surface area contributed by atoms with Gasteiger partial charge in [-0.25, -0.2) is 9.59 Å². The largest absolute Gasteiger partial charge is 0.504 e. The number of phenols is 1. The zero-order valence-electron chi connectivity index (χ0n) is 24.0. The van der Waals surface area contributed by atoms with Crippen molar-refractivity contribution in [2.75, 3.05) is 26.2 Å². The Kier molecular flexibility index (Phi) is 14.6. The minimum absolute atomic E-state index is 0.0597. The van der Waals surface area contributed by atoms with Crippen molar-refractivity contribution in [1.82, 2.24) is 10.2 Å². The summed E-state index contributed by atoms with van der Waals surface area (Å²) in [4.78, 5) is 32.2. The van der Waals surface area contributed by atoms with E-state index in [-0.39, 0.29) is 42.5 Å². The van der Waals surface area contributed by atoms with E-state index in [2.05, 4.69) is 5.32 Å². The van der Waals surface area contributed by atoms with Gasteiger partial charge in [-0.3, -0.25) is 15.6 Å². The molecule has 0 atom stereocenters. The predicted octanol–water partition coefficient (Wildman–Crippen LogP) is 3.59. The number of nitrogens with two attached hydrogens (primary N) is 1. The van der Waals surface area contributed by atoms with Gasteiger partial charge in [-0.2, -0.15) is 26.3 Å². The van der Waals surface area contributed by atoms with Crippen LogP contribution in [0.2, 0.25) is 0 Å². The van der Waals surface area contributed by atoms with Gasteiger partial charge in [-0.15, -0.1) is 0 Å². The number of ether oxygens (including phenoxy) is 2. The van der Waals surface area contributed by atoms with Crippen molar-refractivity contribution in [3.63, 3.8) is 0 Å². The van der Waals surface area contributed by atoms with Gasteiger partial charge in [0.05, 0.1) is 12.4 Å². The predicted molar refractivity (Wildman–Crippen MR) is 149 cm³/mol. The number of nitrogen functional groups attached to an aromatic ring is 1. The van der Waals surface area contributed by atoms with Crippen molar-refractivity contribution in [1.29, 1.82) is 10.8 Å². The lowest BCUT2D eigenvalue weighted by atomic mass is 10.1. The first kappa shape index (κ1) is 38.8. The number of carboxylic acids is 2. The molecule has 13 nitrogen and oxygen atoms in total. The monoisotopic (exact) mass is 667 g/mol. The molecule has 0 radical (unpaired) electrons. The summed E-state index contributed by atoms with van der Waals surface area (Å²) in [7, 11) is 0. The molecule has 0 bridgehead atoms. The van der Waals surface area contributed by atoms with Gasteiger partial charge in [0.15, 0.2) is 11.5 Å². The van der Waals surface area contributed by atoms with Crippen molar-refractivity contribution in [3.8, 4) is 17.2 Å². The van der Waals surface area contributed by atoms with E-state index in [0.29, 0.717) is 17.0 Å². The van der Waals surface area contributed by atoms with Gasteiger partial charge in [0.2, 0.25) is 0 Å². The number of carboxylic acid groups (broad SMARTS) is 2. The molecule has 1 saturated heterocycles. The number of nitrogens with zero attached hydrogens (tertiary/aromatic N) is 1. The molecule has 0 unspecified atom stereocenters. The number of piperidine rings is 1. The van der Waals surface area contributed by atoms with Crippen molar-refractivity contribution < 1.29 is 65.5 Å². The van der Waals surface area contributed by atoms with Crippen molar-refractivity contribution >= 4 is 29.5 Å². The fraction of sp³-hybridized carbons (Fsp3) is 0.370. The number of nitrogens with one attached hydrogen (secondary N) is 3. The number of hydrogen-bond donors (Lipinski definition) is 7. The molecule has 19 heteroatoms. The maximum Gasteiger partial charge on any atom is 0.490 e. The fourth-order valence-electron chi connectivity index (χ4n) is 3.41. The quantitative estimate of drug-likeness (QED) is 0.0939. The number of halogens is 6. The molecule has 1 amide bonds. The average molecular weight is 668 g/mol. The van der Waals surface area contributed by atoms with Crippen LogP contribution in [0.3, 0.4) is 0 Å². The number of aliphatic carboxylic acids is 2. The number of carbonyl (C=O) groups is 3. The van der Waals surface area contributed by atoms with Crippen LogP contribution in [0, 0.1) is 10.8 Å². The first-order chi connectivity index (χ1) is 21.2. The Labute approximate surface area is 257 Å². The molecule has 0 saturated carbocycles. The van der Waals surface area contributed by atoms with E-state index in [9.17, 15) is 36.2 Å². The lowest BCUT2D eigenvalue weighted by Gasteiger charge is -2.32. The number of likely N-dealkylation sites (tertiary alicyclic amines) is 1. The van der Waals surface area contributed by atoms with Gasteiger partial charge in [0, 0.05) is 37.1 Å². The Morgan fingerprint density at radius 1 is 0.935 bits per heavy atom. The van der Waals surface area contributed by atoms with E-state index >= 15 is 0 Å². The number of alkyl halides is 6. The summed E-state index contributed by atoms with van der Waals surface area (Å²) in [6, 6.07) is 11.4. The fourth-order valence-corrected chi connectivity index (χ4v) is 3.41. The highest BCUT2D eigenvalue weighted by atomic mass is 19.4. The van der Waals surface area contributed by atoms with Gasteiger partial charge in [-0.1, -0.05) is 0 Å². The van der Waals surface area contributed by atoms with Crippen LogP contribution in [0.5, 0.6) is 17.2 Å². The molecule has 0 aromatic heterocycles. The normalized spacial score (nSPS) is 13.2. The summed E-state index contributed by atoms with van der Waals surface area (Å²) >= 11 is 0. The van der Waals surface area contributed by atoms with Crippen LogP contribution in [0.25, 0.3) is 0 Å². The molecule has 1 fully saturated rings. The van der Waals surface area contributed by atoms with Crippen molar-refractivity contribution in [3.05, 3.63) is 53.6 Å². The molecule has 254 valence electrons. The molecular formula is C27H31F6N5O8. The van der Waals surface area contributed by atoms with Crippen LogP contribution in [-0.2, 0) is 9.59 Å². The van der Waals surface area contributed by atoms with E-state index < -0.39 is 24.3 Å². The number of amidine groups is 2. The smallest absolute Gasteiger partial charge is 0.490 e. The third-order valence-corrected chi connectivity index (χ3v) is 5.74. The summed E-state index contributed by atoms with van der Waals surface area (Å²) in [5, 5.41) is 42.0. The molecule has 0 aliphatic carbocycles. The van der Waals surface area contributed by atoms with Crippen LogP contribution in [0.15, 0.2) is 42.5 Å². The summed E-state index contributed by atoms with van der Waals surface area (Å²) in [5.41, 5.74) is 6.39. The Balaban J connectivity index is 0.000000629. The molecule has 8 N–H and O–H groups in total. The number of hydrogen-bond acceptors (Lipinski definition) is 8. The first-order valence-corrected chi connectivity index (χ1v) is 13.0. The van der Waals surface area contributed by atoms with Crippen molar-refractivity contribution in [2.45, 2.75) is 38.2 Å². The minimum Gasteiger partial charge on any atom is -0.504 e. The molecule has 0 spiro atoms. The zero-order valence-corrected chi connectivity index (χ0v) is 24.0. The standard InChI is InChI=1S/C23H29N5O4.2C2HF3O2/c1-15(24)28-11-8-19(9-12-28)32-18-5-2-16(3-6-18)23(30)27-10-13-31-21-14-17(22(25)26)4-7-20(21)29;2*3-2(4,5)1(6)7/h2-7,14,19,24,29H,8-13H2,1H3,(H3,25,26)(H,27,30);2*(H,6,7). The number of amides is 1. The Morgan fingerprint density at radius 3 is 1.85 bits per heavy atom. The van der Waals surface area contributed by atoms with E-state index in [1.54, 1.807) is 31.2 Å². The van der Waals surface area contributed by atoms with Crippen LogP contribution in [0.1, 0.15) is 35.7 Å². The topological polar surface area (TPSA) is 219 Å². The Morgan fingerprint density at radius 2 is 1.41 bits per heavy atom. The molecule has 1 aliphatic heterocycles. The second kappa shape index (κ2) is 17.3. The van der Waals surface area contributed by atoms with Gasteiger partial charge in [-0.05, 0) is 49.4 Å². The molecule has 2 aromatic rings. The number of phenolic OH excluding ortho intramolecular Hbond substituents is 1. The van der Waals surface area contributed by atoms with Crippen molar-refractivity contribution in [2.24, 2.45) is 5.73 Å². The minimum atomic E-state index is -5.08. The maximum atomic E-state index is 12.3. The van der Waals surface area contributed by atoms with Crippen LogP contribution in [0.4, 0.5) is 26.3 Å². The lowest BCUT2D eigenvalue weighted by molar-refractivity contribution is -0.193. The second-order valence-corrected chi connectivity index (χ2v) is 9.22. The lowest BCUT2D eigenvalue weighted by Crippen LogP contribution is -2.40. The SMILES string of the molecule is CC(=N)N1CCC(Oc2ccc(C(=O)NCCOc3cc(C(=N)N)ccc3O)cc2)CC1.O=C(O)C(F)(F)F.O=C(O)C(F)(F)F. The first-order valence-electron chi connectivity index (χ1n) is 13.0. The number of aromatic hydroxyl groups is 1. The third-order valence-electron chi connectivity index (χ3n) is 5.74. The van der Waals surface area contributed by atoms with Crippen LogP contribution >= 0.6 is 0 Å². The van der Waals surface area contributed by atoms with E-state index in [1.807, 2.05) is 4.90 Å². The zero-order chi connectivity index (χ0) is 35.2. The van der Waals surface area contributed by atoms with Gasteiger partial charge in [0.1, 0.15) is 24.3 Å². The van der Waals surface area contributed by atoms with Crippen LogP contribution < -0.4 is 20.5 Å². The average Bonchev–Trinajstić information content (AvgIpc) is 2.96. The second-order valence-electron chi connectivity index (χ2n) is 9.22. The highest BCUT2D eigenvalue weighted by molar-refractivity contribution is 5.95. The van der Waals surface area contributed by atoms with E-state index in [0.717, 1.165) is 31.7 Å². The Bertz CT molecular complexity index is 1340. The number of carbonyl (C=O) groups excluding carboxylic acids is 1. The molecular weight excluding hydrogens is 636 g/mol. The summed E-state index contributed by atoms with van der Waals surface area (Å²) in [6.45, 7) is 3.83. The van der Waals surface area contributed by atoms with Gasteiger partial charge < -0.3 is 40.7 Å². The van der Waals surface area contributed by atoms with Crippen LogP contribution in [-0.4, -0.2) is 94.4 Å². The summed E-state index contributed by atoms with van der Waals surface area (Å²) in [5.74, 6) is -4.42. The Hall–Kier alpha value is -5.23. The molecule has 3 rings (SSSR count). The molecule has 46 heavy (non-hydrogen) atoms. The van der Waals surface area contributed by atoms with Gasteiger partial charge >= 0.3 is 24.3 Å². The van der Waals surface area contributed by atoms with E-state index in [1.165, 1.54) is 18.2 Å². The summed E-state index contributed by atoms with van der Waals surface area (Å²) < 4.78 is 75.0. The van der Waals surface area contributed by atoms with Gasteiger partial charge in [0.25, 0.3) is 5.91 Å². The summed E-state index contributed by atoms with van der Waals surface area (Å²) in [6.07, 6.45) is -8.33. The van der Waals surface area contributed by atoms with E-state index in [4.69, 9.17) is 45.8 Å². The highest BCUT2D eigenvalue weighted by Crippen LogP contribution is 2.26. The molecule has 1 heterocycles. The number of benzene rings is 2. The highest BCUT2D eigenvalue weighted by Gasteiger charge is 2.38. The maximum absolute atomic E-state index is 12.3. The number of rotatable bonds is 8. The molecule has 1 aliphatic rings.